The van der Waals surface area contributed by atoms with Crippen molar-refractivity contribution in [2.24, 2.45) is 0 Å². The number of aliphatic hydroxyl groups is 1. The molecule has 1 amide bonds. The standard InChI is InChI=1S/C25H19Cl2NO4/c1-14-6-5-7-15(12-14)22-21(23(29)16-10-11-17(26)18(27)13-16)24(30)25(31)28(22)19-8-3-4-9-20(19)32-2/h3-13,22,29H,1-2H3/b23-21-. The second-order valence-electron chi connectivity index (χ2n) is 7.38. The highest BCUT2D eigenvalue weighted by atomic mass is 35.5. The van der Waals surface area contributed by atoms with Gasteiger partial charge in [-0.1, -0.05) is 65.2 Å². The number of aryl methyl sites for hydroxylation is 1. The highest BCUT2D eigenvalue weighted by molar-refractivity contribution is 6.52. The lowest BCUT2D eigenvalue weighted by atomic mass is 9.94. The Morgan fingerprint density at radius 2 is 1.72 bits per heavy atom. The molecule has 1 aliphatic heterocycles. The van der Waals surface area contributed by atoms with E-state index in [2.05, 4.69) is 0 Å². The van der Waals surface area contributed by atoms with Crippen LogP contribution in [0.4, 0.5) is 5.69 Å². The van der Waals surface area contributed by atoms with Crippen LogP contribution in [0, 0.1) is 6.92 Å². The Hall–Kier alpha value is -3.28. The molecule has 0 spiro atoms. The van der Waals surface area contributed by atoms with E-state index in [9.17, 15) is 14.7 Å². The van der Waals surface area contributed by atoms with E-state index in [-0.39, 0.29) is 21.9 Å². The molecule has 3 aromatic rings. The SMILES string of the molecule is COc1ccccc1N1C(=O)C(=O)/C(=C(\O)c2ccc(Cl)c(Cl)c2)C1c1cccc(C)c1. The molecule has 1 atom stereocenters. The molecule has 0 radical (unpaired) electrons. The summed E-state index contributed by atoms with van der Waals surface area (Å²) in [6.45, 7) is 1.91. The zero-order valence-corrected chi connectivity index (χ0v) is 18.8. The van der Waals surface area contributed by atoms with Crippen LogP contribution < -0.4 is 9.64 Å². The summed E-state index contributed by atoms with van der Waals surface area (Å²) in [5, 5.41) is 11.7. The summed E-state index contributed by atoms with van der Waals surface area (Å²) in [7, 11) is 1.49. The quantitative estimate of drug-likeness (QED) is 0.293. The van der Waals surface area contributed by atoms with E-state index in [1.807, 2.05) is 31.2 Å². The second-order valence-corrected chi connectivity index (χ2v) is 8.20. The van der Waals surface area contributed by atoms with E-state index in [0.717, 1.165) is 5.56 Å². The number of Topliss-reactive ketones (excluding diaryl/α,β-unsaturated/α-hetero) is 1. The van der Waals surface area contributed by atoms with Gasteiger partial charge in [-0.05, 0) is 42.8 Å². The number of nitrogens with zero attached hydrogens (tertiary/aromatic N) is 1. The zero-order valence-electron chi connectivity index (χ0n) is 17.3. The fourth-order valence-corrected chi connectivity index (χ4v) is 4.16. The van der Waals surface area contributed by atoms with Gasteiger partial charge in [0.1, 0.15) is 11.5 Å². The van der Waals surface area contributed by atoms with Gasteiger partial charge in [-0.15, -0.1) is 0 Å². The van der Waals surface area contributed by atoms with Gasteiger partial charge < -0.3 is 9.84 Å². The van der Waals surface area contributed by atoms with Gasteiger partial charge in [0, 0.05) is 5.56 Å². The number of ketones is 1. The maximum Gasteiger partial charge on any atom is 0.300 e. The van der Waals surface area contributed by atoms with Gasteiger partial charge in [0.25, 0.3) is 11.7 Å². The number of ether oxygens (including phenoxy) is 1. The summed E-state index contributed by atoms with van der Waals surface area (Å²) in [5.41, 5.74) is 2.30. The fraction of sp³-hybridized carbons (Fsp3) is 0.120. The lowest BCUT2D eigenvalue weighted by Crippen LogP contribution is -2.29. The third-order valence-electron chi connectivity index (χ3n) is 5.34. The first-order valence-corrected chi connectivity index (χ1v) is 10.5. The summed E-state index contributed by atoms with van der Waals surface area (Å²) >= 11 is 12.1. The number of rotatable bonds is 4. The molecule has 162 valence electrons. The third-order valence-corrected chi connectivity index (χ3v) is 6.08. The molecule has 1 unspecified atom stereocenters. The van der Waals surface area contributed by atoms with Crippen LogP contribution in [-0.2, 0) is 9.59 Å². The minimum atomic E-state index is -0.861. The monoisotopic (exact) mass is 467 g/mol. The van der Waals surface area contributed by atoms with Gasteiger partial charge >= 0.3 is 0 Å². The molecule has 7 heteroatoms. The number of benzene rings is 3. The van der Waals surface area contributed by atoms with Crippen molar-refractivity contribution in [1.82, 2.24) is 0 Å². The predicted octanol–water partition coefficient (Wildman–Crippen LogP) is 5.94. The molecule has 4 rings (SSSR count). The molecular weight excluding hydrogens is 449 g/mol. The predicted molar refractivity (Wildman–Crippen MR) is 125 cm³/mol. The zero-order chi connectivity index (χ0) is 23.0. The highest BCUT2D eigenvalue weighted by Gasteiger charge is 2.47. The lowest BCUT2D eigenvalue weighted by molar-refractivity contribution is -0.132. The lowest BCUT2D eigenvalue weighted by Gasteiger charge is -2.27. The van der Waals surface area contributed by atoms with Crippen molar-refractivity contribution in [1.29, 1.82) is 0 Å². The molecule has 1 N–H and O–H groups in total. The Balaban J connectivity index is 1.99. The number of amides is 1. The molecule has 0 bridgehead atoms. The highest BCUT2D eigenvalue weighted by Crippen LogP contribution is 2.45. The van der Waals surface area contributed by atoms with E-state index in [0.29, 0.717) is 22.0 Å². The number of methoxy groups -OCH3 is 1. The Labute approximate surface area is 195 Å². The second kappa shape index (κ2) is 8.69. The van der Waals surface area contributed by atoms with Crippen LogP contribution in [0.5, 0.6) is 5.75 Å². The summed E-state index contributed by atoms with van der Waals surface area (Å²) < 4.78 is 5.44. The van der Waals surface area contributed by atoms with E-state index in [4.69, 9.17) is 27.9 Å². The smallest absolute Gasteiger partial charge is 0.300 e. The van der Waals surface area contributed by atoms with Gasteiger partial charge in [-0.3, -0.25) is 14.5 Å². The van der Waals surface area contributed by atoms with Crippen LogP contribution in [0.15, 0.2) is 72.3 Å². The van der Waals surface area contributed by atoms with Gasteiger partial charge in [-0.25, -0.2) is 0 Å². The van der Waals surface area contributed by atoms with E-state index in [1.165, 1.54) is 24.1 Å². The normalized spacial score (nSPS) is 17.6. The van der Waals surface area contributed by atoms with Crippen molar-refractivity contribution >= 4 is 46.3 Å². The Morgan fingerprint density at radius 1 is 0.969 bits per heavy atom. The van der Waals surface area contributed by atoms with Crippen molar-refractivity contribution in [2.75, 3.05) is 12.0 Å². The first-order chi connectivity index (χ1) is 15.3. The van der Waals surface area contributed by atoms with Crippen LogP contribution in [0.1, 0.15) is 22.7 Å². The number of halogens is 2. The number of hydrogen-bond acceptors (Lipinski definition) is 4. The fourth-order valence-electron chi connectivity index (χ4n) is 3.86. The van der Waals surface area contributed by atoms with Crippen molar-refractivity contribution in [3.05, 3.63) is 99.0 Å². The summed E-state index contributed by atoms with van der Waals surface area (Å²) in [6.07, 6.45) is 0. The molecule has 0 aromatic heterocycles. The molecule has 1 fully saturated rings. The molecule has 0 aliphatic carbocycles. The maximum absolute atomic E-state index is 13.2. The van der Waals surface area contributed by atoms with Gasteiger partial charge in [0.05, 0.1) is 34.5 Å². The largest absolute Gasteiger partial charge is 0.507 e. The molecule has 32 heavy (non-hydrogen) atoms. The average molecular weight is 468 g/mol. The Morgan fingerprint density at radius 3 is 2.41 bits per heavy atom. The molecule has 3 aromatic carbocycles. The van der Waals surface area contributed by atoms with Crippen LogP contribution in [0.3, 0.4) is 0 Å². The molecule has 5 nitrogen and oxygen atoms in total. The number of anilines is 1. The summed E-state index contributed by atoms with van der Waals surface area (Å²) in [4.78, 5) is 27.8. The van der Waals surface area contributed by atoms with Crippen molar-refractivity contribution in [3.8, 4) is 5.75 Å². The Kier molecular flexibility index (Phi) is 5.96. The molecule has 1 saturated heterocycles. The minimum Gasteiger partial charge on any atom is -0.507 e. The van der Waals surface area contributed by atoms with Crippen LogP contribution in [0.25, 0.3) is 5.76 Å². The van der Waals surface area contributed by atoms with Crippen LogP contribution in [0.2, 0.25) is 10.0 Å². The topological polar surface area (TPSA) is 66.8 Å². The van der Waals surface area contributed by atoms with Gasteiger partial charge in [-0.2, -0.15) is 0 Å². The van der Waals surface area contributed by atoms with Crippen LogP contribution >= 0.6 is 23.2 Å². The number of hydrogen-bond donors (Lipinski definition) is 1. The van der Waals surface area contributed by atoms with Crippen molar-refractivity contribution < 1.29 is 19.4 Å². The number of carbonyl (C=O) groups excluding carboxylic acids is 2. The number of carbonyl (C=O) groups is 2. The molecule has 1 heterocycles. The maximum atomic E-state index is 13.2. The minimum absolute atomic E-state index is 0.0371. The molecule has 0 saturated carbocycles. The summed E-state index contributed by atoms with van der Waals surface area (Å²) in [6, 6.07) is 18.1. The van der Waals surface area contributed by atoms with E-state index >= 15 is 0 Å². The summed E-state index contributed by atoms with van der Waals surface area (Å²) in [5.74, 6) is -1.46. The van der Waals surface area contributed by atoms with Gasteiger partial charge in [0.15, 0.2) is 0 Å². The van der Waals surface area contributed by atoms with Crippen LogP contribution in [-0.4, -0.2) is 23.9 Å². The average Bonchev–Trinajstić information content (AvgIpc) is 3.05. The van der Waals surface area contributed by atoms with E-state index in [1.54, 1.807) is 30.3 Å². The number of para-hydroxylation sites is 2. The van der Waals surface area contributed by atoms with Crippen molar-refractivity contribution in [3.63, 3.8) is 0 Å². The van der Waals surface area contributed by atoms with E-state index < -0.39 is 17.7 Å². The third kappa shape index (κ3) is 3.74. The van der Waals surface area contributed by atoms with Crippen molar-refractivity contribution in [2.45, 2.75) is 13.0 Å². The molecular formula is C25H19Cl2NO4. The first-order valence-electron chi connectivity index (χ1n) is 9.79. The Bertz CT molecular complexity index is 1270. The van der Waals surface area contributed by atoms with Gasteiger partial charge in [0.2, 0.25) is 0 Å². The first kappa shape index (κ1) is 21.9. The number of aliphatic hydroxyl groups excluding tert-OH is 1. The molecule has 1 aliphatic rings.